The molecule has 0 bridgehead atoms. The van der Waals surface area contributed by atoms with Crippen molar-refractivity contribution in [1.82, 2.24) is 14.1 Å². The normalized spacial score (nSPS) is 14.1. The van der Waals surface area contributed by atoms with Gasteiger partial charge in [0.15, 0.2) is 5.82 Å². The number of methoxy groups -OCH3 is 1. The van der Waals surface area contributed by atoms with Gasteiger partial charge in [-0.05, 0) is 43.0 Å². The van der Waals surface area contributed by atoms with Gasteiger partial charge in [0, 0.05) is 30.1 Å². The molecule has 28 heavy (non-hydrogen) atoms. The van der Waals surface area contributed by atoms with Crippen LogP contribution in [0.4, 0.5) is 0 Å². The number of imidazole rings is 1. The largest absolute Gasteiger partial charge is 0.494 e. The summed E-state index contributed by atoms with van der Waals surface area (Å²) in [5.74, 6) is 1.69. The van der Waals surface area contributed by atoms with Gasteiger partial charge in [-0.2, -0.15) is 0 Å². The number of fused-ring (bicyclic) bond motifs is 2. The second-order valence-electron chi connectivity index (χ2n) is 7.55. The predicted octanol–water partition coefficient (Wildman–Crippen LogP) is 3.71. The van der Waals surface area contributed by atoms with Crippen LogP contribution in [-0.2, 0) is 13.6 Å². The van der Waals surface area contributed by atoms with E-state index in [2.05, 4.69) is 34.9 Å². The summed E-state index contributed by atoms with van der Waals surface area (Å²) in [6, 6.07) is 14.0. The van der Waals surface area contributed by atoms with Crippen molar-refractivity contribution in [2.24, 2.45) is 18.7 Å². The molecule has 2 N–H and O–H groups in total. The Morgan fingerprint density at radius 2 is 2.04 bits per heavy atom. The number of rotatable bonds is 5. The summed E-state index contributed by atoms with van der Waals surface area (Å²) in [7, 11) is 3.58. The summed E-state index contributed by atoms with van der Waals surface area (Å²) in [6.07, 6.45) is 2.56. The lowest BCUT2D eigenvalue weighted by Crippen LogP contribution is -2.11. The maximum absolute atomic E-state index is 11.7. The monoisotopic (exact) mass is 374 g/mol. The van der Waals surface area contributed by atoms with Crippen molar-refractivity contribution >= 4 is 27.8 Å². The average molecular weight is 374 g/mol. The molecule has 0 saturated heterocycles. The van der Waals surface area contributed by atoms with Crippen LogP contribution in [0.15, 0.2) is 42.5 Å². The molecule has 6 nitrogen and oxygen atoms in total. The fourth-order valence-corrected chi connectivity index (χ4v) is 3.99. The van der Waals surface area contributed by atoms with E-state index in [4.69, 9.17) is 15.5 Å². The van der Waals surface area contributed by atoms with Crippen LogP contribution in [-0.4, -0.2) is 27.1 Å². The van der Waals surface area contributed by atoms with E-state index < -0.39 is 5.91 Å². The highest BCUT2D eigenvalue weighted by Crippen LogP contribution is 2.37. The molecule has 0 radical (unpaired) electrons. The highest BCUT2D eigenvalue weighted by Gasteiger charge is 2.26. The molecule has 1 aliphatic rings. The van der Waals surface area contributed by atoms with Gasteiger partial charge in [-0.25, -0.2) is 4.98 Å². The summed E-state index contributed by atoms with van der Waals surface area (Å²) in [6.45, 7) is 0.996. The van der Waals surface area contributed by atoms with Gasteiger partial charge in [-0.3, -0.25) is 4.79 Å². The van der Waals surface area contributed by atoms with Crippen LogP contribution in [0.5, 0.6) is 5.75 Å². The molecule has 1 fully saturated rings. The molecule has 1 saturated carbocycles. The first-order valence-corrected chi connectivity index (χ1v) is 9.49. The van der Waals surface area contributed by atoms with E-state index >= 15 is 0 Å². The molecule has 0 spiro atoms. The van der Waals surface area contributed by atoms with Gasteiger partial charge in [0.2, 0.25) is 5.91 Å². The predicted molar refractivity (Wildman–Crippen MR) is 109 cm³/mol. The lowest BCUT2D eigenvalue weighted by molar-refractivity contribution is 0.1000. The van der Waals surface area contributed by atoms with Gasteiger partial charge in [-0.1, -0.05) is 18.2 Å². The molecule has 0 aliphatic heterocycles. The fourth-order valence-electron chi connectivity index (χ4n) is 3.99. The Bertz CT molecular complexity index is 1230. The second-order valence-corrected chi connectivity index (χ2v) is 7.55. The number of primary amides is 1. The number of benzene rings is 2. The number of carbonyl (C=O) groups is 1. The van der Waals surface area contributed by atoms with Gasteiger partial charge in [0.25, 0.3) is 0 Å². The van der Waals surface area contributed by atoms with Gasteiger partial charge < -0.3 is 19.6 Å². The average Bonchev–Trinajstić information content (AvgIpc) is 3.36. The number of aryl methyl sites for hydroxylation is 1. The Morgan fingerprint density at radius 1 is 1.25 bits per heavy atom. The summed E-state index contributed by atoms with van der Waals surface area (Å²) >= 11 is 0. The number of para-hydroxylation sites is 1. The Labute approximate surface area is 162 Å². The lowest BCUT2D eigenvalue weighted by atomic mass is 10.1. The Balaban J connectivity index is 1.77. The topological polar surface area (TPSA) is 75.1 Å². The Hall–Kier alpha value is -3.28. The van der Waals surface area contributed by atoms with Crippen molar-refractivity contribution in [3.05, 3.63) is 48.0 Å². The second kappa shape index (κ2) is 6.12. The van der Waals surface area contributed by atoms with Gasteiger partial charge >= 0.3 is 0 Å². The number of ether oxygens (including phenoxy) is 1. The zero-order valence-corrected chi connectivity index (χ0v) is 16.0. The number of hydrogen-bond donors (Lipinski definition) is 1. The van der Waals surface area contributed by atoms with E-state index in [-0.39, 0.29) is 0 Å². The minimum absolute atomic E-state index is 0.396. The molecule has 1 aliphatic carbocycles. The third kappa shape index (κ3) is 2.56. The van der Waals surface area contributed by atoms with Gasteiger partial charge in [0.1, 0.15) is 11.3 Å². The van der Waals surface area contributed by atoms with Crippen molar-refractivity contribution < 1.29 is 9.53 Å². The highest BCUT2D eigenvalue weighted by atomic mass is 16.5. The third-order valence-electron chi connectivity index (χ3n) is 5.62. The number of nitrogens with zero attached hydrogens (tertiary/aromatic N) is 3. The third-order valence-corrected chi connectivity index (χ3v) is 5.62. The van der Waals surface area contributed by atoms with E-state index in [0.717, 1.165) is 29.5 Å². The molecule has 2 aromatic carbocycles. The molecule has 1 amide bonds. The maximum Gasteiger partial charge on any atom is 0.248 e. The van der Waals surface area contributed by atoms with Crippen LogP contribution in [0.1, 0.15) is 23.2 Å². The van der Waals surface area contributed by atoms with Crippen LogP contribution < -0.4 is 10.5 Å². The number of hydrogen-bond acceptors (Lipinski definition) is 3. The summed E-state index contributed by atoms with van der Waals surface area (Å²) in [4.78, 5) is 16.6. The van der Waals surface area contributed by atoms with Crippen LogP contribution in [0, 0.1) is 5.92 Å². The van der Waals surface area contributed by atoms with Crippen LogP contribution in [0.25, 0.3) is 33.5 Å². The molecule has 0 atom stereocenters. The Morgan fingerprint density at radius 3 is 2.75 bits per heavy atom. The quantitative estimate of drug-likeness (QED) is 0.579. The van der Waals surface area contributed by atoms with Crippen molar-refractivity contribution in [2.45, 2.75) is 19.4 Å². The summed E-state index contributed by atoms with van der Waals surface area (Å²) in [5, 5.41) is 1.20. The van der Waals surface area contributed by atoms with Crippen molar-refractivity contribution in [3.63, 3.8) is 0 Å². The smallest absolute Gasteiger partial charge is 0.248 e. The molecular formula is C22H22N4O2. The SMILES string of the molecule is COc1cc(C(N)=O)cc2nc(-c3cc4ccccc4n3CC3CC3)n(C)c12. The molecule has 2 aromatic heterocycles. The van der Waals surface area contributed by atoms with Crippen molar-refractivity contribution in [3.8, 4) is 17.3 Å². The number of aromatic nitrogens is 3. The van der Waals surface area contributed by atoms with Gasteiger partial charge in [0.05, 0.1) is 18.3 Å². The Kier molecular flexibility index (Phi) is 3.69. The molecule has 6 heteroatoms. The number of carbonyl (C=O) groups excluding carboxylic acids is 1. The molecular weight excluding hydrogens is 352 g/mol. The van der Waals surface area contributed by atoms with Crippen molar-refractivity contribution in [2.75, 3.05) is 7.11 Å². The van der Waals surface area contributed by atoms with E-state index in [1.807, 2.05) is 11.6 Å². The van der Waals surface area contributed by atoms with Crippen molar-refractivity contribution in [1.29, 1.82) is 0 Å². The van der Waals surface area contributed by atoms with Gasteiger partial charge in [-0.15, -0.1) is 0 Å². The van der Waals surface area contributed by atoms with Crippen LogP contribution >= 0.6 is 0 Å². The molecule has 142 valence electrons. The fraction of sp³-hybridized carbons (Fsp3) is 0.273. The van der Waals surface area contributed by atoms with Crippen LogP contribution in [0.2, 0.25) is 0 Å². The minimum atomic E-state index is -0.491. The molecule has 5 rings (SSSR count). The van der Waals surface area contributed by atoms with Crippen LogP contribution in [0.3, 0.4) is 0 Å². The molecule has 0 unspecified atom stereocenters. The van der Waals surface area contributed by atoms with E-state index in [1.165, 1.54) is 23.7 Å². The zero-order valence-electron chi connectivity index (χ0n) is 16.0. The highest BCUT2D eigenvalue weighted by molar-refractivity contribution is 5.99. The first-order valence-electron chi connectivity index (χ1n) is 9.49. The zero-order chi connectivity index (χ0) is 19.4. The summed E-state index contributed by atoms with van der Waals surface area (Å²) in [5.41, 5.74) is 9.74. The van der Waals surface area contributed by atoms with E-state index in [0.29, 0.717) is 16.8 Å². The molecule has 2 heterocycles. The van der Waals surface area contributed by atoms with E-state index in [1.54, 1.807) is 19.2 Å². The first kappa shape index (κ1) is 16.9. The first-order chi connectivity index (χ1) is 13.6. The number of nitrogens with two attached hydrogens (primary N) is 1. The lowest BCUT2D eigenvalue weighted by Gasteiger charge is -2.11. The standard InChI is InChI=1S/C22H22N4O2/c1-25-20-16(9-15(21(23)27)11-19(20)28-2)24-22(25)18-10-14-5-3-4-6-17(14)26(18)12-13-7-8-13/h3-6,9-11,13H,7-8,12H2,1-2H3,(H2,23,27). The van der Waals surface area contributed by atoms with E-state index in [9.17, 15) is 4.79 Å². The molecule has 4 aromatic rings. The summed E-state index contributed by atoms with van der Waals surface area (Å²) < 4.78 is 9.95. The maximum atomic E-state index is 11.7. The minimum Gasteiger partial charge on any atom is -0.494 e. The number of amides is 1.